The zero-order chi connectivity index (χ0) is 9.60. The summed E-state index contributed by atoms with van der Waals surface area (Å²) in [5, 5.41) is 0. The van der Waals surface area contributed by atoms with Gasteiger partial charge in [0.1, 0.15) is 5.78 Å². The molecular weight excluding hydrogens is 172 g/mol. The molecule has 0 aliphatic heterocycles. The first-order chi connectivity index (χ1) is 6.80. The van der Waals surface area contributed by atoms with Gasteiger partial charge in [-0.3, -0.25) is 4.79 Å². The molecule has 2 saturated carbocycles. The Morgan fingerprint density at radius 3 is 3.00 bits per heavy atom. The van der Waals surface area contributed by atoms with E-state index in [1.807, 2.05) is 0 Å². The summed E-state index contributed by atoms with van der Waals surface area (Å²) in [6.45, 7) is 0. The highest BCUT2D eigenvalue weighted by Gasteiger charge is 2.49. The van der Waals surface area contributed by atoms with Crippen LogP contribution in [0, 0.1) is 17.3 Å². The molecule has 1 spiro atoms. The maximum atomic E-state index is 11.9. The first-order valence-corrected chi connectivity index (χ1v) is 6.02. The van der Waals surface area contributed by atoms with Crippen molar-refractivity contribution in [1.82, 2.24) is 0 Å². The van der Waals surface area contributed by atoms with Crippen LogP contribution in [-0.4, -0.2) is 5.78 Å². The number of ketones is 1. The van der Waals surface area contributed by atoms with Gasteiger partial charge in [-0.25, -0.2) is 0 Å². The van der Waals surface area contributed by atoms with Crippen molar-refractivity contribution < 1.29 is 4.79 Å². The molecule has 0 saturated heterocycles. The molecule has 3 aliphatic carbocycles. The lowest BCUT2D eigenvalue weighted by atomic mass is 9.53. The maximum absolute atomic E-state index is 11.9. The fourth-order valence-electron chi connectivity index (χ4n) is 3.72. The van der Waals surface area contributed by atoms with Crippen LogP contribution in [0.3, 0.4) is 0 Å². The summed E-state index contributed by atoms with van der Waals surface area (Å²) >= 11 is 0. The lowest BCUT2D eigenvalue weighted by Crippen LogP contribution is -2.46. The molecule has 76 valence electrons. The van der Waals surface area contributed by atoms with Gasteiger partial charge in [0.05, 0.1) is 0 Å². The van der Waals surface area contributed by atoms with Gasteiger partial charge in [0.2, 0.25) is 0 Å². The van der Waals surface area contributed by atoms with Crippen molar-refractivity contribution in [3.63, 3.8) is 0 Å². The summed E-state index contributed by atoms with van der Waals surface area (Å²) in [5.74, 6) is 1.56. The zero-order valence-corrected chi connectivity index (χ0v) is 8.67. The lowest BCUT2D eigenvalue weighted by molar-refractivity contribution is -0.131. The van der Waals surface area contributed by atoms with E-state index in [0.29, 0.717) is 23.0 Å². The standard InChI is InChI=1S/C13H18O/c14-12-8-10-4-2-1-3-6-13(9-10)7-5-11(12)13/h5,7,10-11H,1-4,6,8-9H2/t10-,11+,13-/m1/s1. The molecule has 0 radical (unpaired) electrons. The van der Waals surface area contributed by atoms with Gasteiger partial charge in [0.25, 0.3) is 0 Å². The lowest BCUT2D eigenvalue weighted by Gasteiger charge is -2.50. The van der Waals surface area contributed by atoms with Crippen LogP contribution in [0.1, 0.15) is 44.9 Å². The molecule has 0 N–H and O–H groups in total. The Labute approximate surface area is 85.6 Å². The van der Waals surface area contributed by atoms with E-state index in [4.69, 9.17) is 0 Å². The van der Waals surface area contributed by atoms with Gasteiger partial charge in [-0.15, -0.1) is 0 Å². The third-order valence-corrected chi connectivity index (χ3v) is 4.50. The second-order valence-electron chi connectivity index (χ2n) is 5.41. The van der Waals surface area contributed by atoms with Crippen molar-refractivity contribution in [3.8, 4) is 0 Å². The average molecular weight is 190 g/mol. The molecule has 3 atom stereocenters. The van der Waals surface area contributed by atoms with Crippen LogP contribution in [0.4, 0.5) is 0 Å². The highest BCUT2D eigenvalue weighted by Crippen LogP contribution is 2.54. The Hall–Kier alpha value is -0.590. The number of fused-ring (bicyclic) bond motifs is 1. The zero-order valence-electron chi connectivity index (χ0n) is 8.67. The van der Waals surface area contributed by atoms with Crippen molar-refractivity contribution in [2.24, 2.45) is 17.3 Å². The molecule has 2 fully saturated rings. The number of allylic oxidation sites excluding steroid dienone is 2. The highest BCUT2D eigenvalue weighted by atomic mass is 16.1. The number of hydrogen-bond acceptors (Lipinski definition) is 1. The third-order valence-electron chi connectivity index (χ3n) is 4.50. The molecule has 0 aromatic carbocycles. The third kappa shape index (κ3) is 1.11. The Balaban J connectivity index is 1.90. The minimum atomic E-state index is 0.317. The maximum Gasteiger partial charge on any atom is 0.140 e. The fourth-order valence-corrected chi connectivity index (χ4v) is 3.72. The topological polar surface area (TPSA) is 17.1 Å². The summed E-state index contributed by atoms with van der Waals surface area (Å²) in [4.78, 5) is 11.9. The summed E-state index contributed by atoms with van der Waals surface area (Å²) in [5.41, 5.74) is 0.334. The predicted octanol–water partition coefficient (Wildman–Crippen LogP) is 3.10. The van der Waals surface area contributed by atoms with Crippen LogP contribution in [-0.2, 0) is 4.79 Å². The van der Waals surface area contributed by atoms with Crippen molar-refractivity contribution in [3.05, 3.63) is 12.2 Å². The number of carbonyl (C=O) groups excluding carboxylic acids is 1. The van der Waals surface area contributed by atoms with Crippen molar-refractivity contribution >= 4 is 5.78 Å². The highest BCUT2D eigenvalue weighted by molar-refractivity contribution is 5.86. The largest absolute Gasteiger partial charge is 0.299 e. The van der Waals surface area contributed by atoms with Crippen LogP contribution in [0.5, 0.6) is 0 Å². The van der Waals surface area contributed by atoms with Crippen LogP contribution in [0.25, 0.3) is 0 Å². The monoisotopic (exact) mass is 190 g/mol. The van der Waals surface area contributed by atoms with E-state index in [1.54, 1.807) is 0 Å². The Morgan fingerprint density at radius 2 is 2.21 bits per heavy atom. The molecule has 14 heavy (non-hydrogen) atoms. The van der Waals surface area contributed by atoms with E-state index in [2.05, 4.69) is 12.2 Å². The van der Waals surface area contributed by atoms with Crippen molar-refractivity contribution in [2.75, 3.05) is 0 Å². The molecule has 3 aliphatic rings. The number of hydrogen-bond donors (Lipinski definition) is 0. The Kier molecular flexibility index (Phi) is 1.83. The summed E-state index contributed by atoms with van der Waals surface area (Å²) in [6.07, 6.45) is 13.3. The smallest absolute Gasteiger partial charge is 0.140 e. The molecule has 0 aromatic heterocycles. The molecule has 1 heteroatoms. The summed E-state index contributed by atoms with van der Waals surface area (Å²) in [6, 6.07) is 0. The van der Waals surface area contributed by atoms with E-state index in [1.165, 1.54) is 38.5 Å². The number of rotatable bonds is 0. The SMILES string of the molecule is O=C1C[C@H]2CCCCC[C@@]3(C=C[C@@H]13)C2. The molecule has 0 aromatic rings. The number of Topliss-reactive ketones (excluding diaryl/α,β-unsaturated/α-hetero) is 1. The molecule has 3 rings (SSSR count). The quantitative estimate of drug-likeness (QED) is 0.536. The minimum Gasteiger partial charge on any atom is -0.299 e. The van der Waals surface area contributed by atoms with E-state index >= 15 is 0 Å². The van der Waals surface area contributed by atoms with Gasteiger partial charge in [0.15, 0.2) is 0 Å². The average Bonchev–Trinajstić information content (AvgIpc) is 2.05. The first kappa shape index (κ1) is 8.70. The van der Waals surface area contributed by atoms with Gasteiger partial charge >= 0.3 is 0 Å². The van der Waals surface area contributed by atoms with Gasteiger partial charge in [-0.05, 0) is 25.2 Å². The molecule has 1 nitrogen and oxygen atoms in total. The number of carbonyl (C=O) groups is 1. The van der Waals surface area contributed by atoms with Gasteiger partial charge < -0.3 is 0 Å². The second-order valence-corrected chi connectivity index (χ2v) is 5.41. The predicted molar refractivity (Wildman–Crippen MR) is 55.9 cm³/mol. The first-order valence-electron chi connectivity index (χ1n) is 6.02. The second kappa shape index (κ2) is 2.95. The minimum absolute atomic E-state index is 0.317. The Morgan fingerprint density at radius 1 is 1.29 bits per heavy atom. The van der Waals surface area contributed by atoms with E-state index in [-0.39, 0.29) is 0 Å². The molecule has 2 bridgehead atoms. The van der Waals surface area contributed by atoms with Crippen molar-refractivity contribution in [1.29, 1.82) is 0 Å². The molecule has 0 amide bonds. The van der Waals surface area contributed by atoms with E-state index < -0.39 is 0 Å². The Bertz CT molecular complexity index is 292. The fraction of sp³-hybridized carbons (Fsp3) is 0.769. The van der Waals surface area contributed by atoms with Crippen LogP contribution in [0.15, 0.2) is 12.2 Å². The van der Waals surface area contributed by atoms with Crippen LogP contribution >= 0.6 is 0 Å². The van der Waals surface area contributed by atoms with Gasteiger partial charge in [0, 0.05) is 17.8 Å². The van der Waals surface area contributed by atoms with Gasteiger partial charge in [-0.2, -0.15) is 0 Å². The van der Waals surface area contributed by atoms with Crippen LogP contribution in [0.2, 0.25) is 0 Å². The normalized spacial score (nSPS) is 46.1. The molecule has 0 unspecified atom stereocenters. The summed E-state index contributed by atoms with van der Waals surface area (Å²) in [7, 11) is 0. The molecular formula is C13H18O. The van der Waals surface area contributed by atoms with E-state index in [9.17, 15) is 4.79 Å². The van der Waals surface area contributed by atoms with E-state index in [0.717, 1.165) is 6.42 Å². The van der Waals surface area contributed by atoms with Crippen LogP contribution < -0.4 is 0 Å². The van der Waals surface area contributed by atoms with Crippen molar-refractivity contribution in [2.45, 2.75) is 44.9 Å². The molecule has 0 heterocycles. The van der Waals surface area contributed by atoms with Gasteiger partial charge in [-0.1, -0.05) is 31.4 Å². The summed E-state index contributed by atoms with van der Waals surface area (Å²) < 4.78 is 0.